The molecule has 3 rings (SSSR count). The number of benzene rings is 2. The lowest BCUT2D eigenvalue weighted by atomic mass is 10.1. The van der Waals surface area contributed by atoms with Crippen LogP contribution in [0, 0.1) is 6.92 Å². The average Bonchev–Trinajstić information content (AvgIpc) is 3.26. The summed E-state index contributed by atoms with van der Waals surface area (Å²) in [6.07, 6.45) is 1.67. The summed E-state index contributed by atoms with van der Waals surface area (Å²) in [6.45, 7) is 6.88. The van der Waals surface area contributed by atoms with E-state index in [0.29, 0.717) is 38.2 Å². The molecule has 7 nitrogen and oxygen atoms in total. The van der Waals surface area contributed by atoms with Crippen LogP contribution in [-0.2, 0) is 17.8 Å². The molecular formula is C24H31IN4O3. The van der Waals surface area contributed by atoms with Crippen molar-refractivity contribution in [2.45, 2.75) is 26.9 Å². The standard InChI is InChI=1S/C24H30N4O3.HI/c1-4-25-24(26-15-20-11-10-18(2)14-22(20)30-13-12-29-3)27-16-21-17-31-23(28-21)19-8-6-5-7-9-19;/h5-11,14,17H,4,12-13,15-16H2,1-3H3,(H2,25,26,27);1H. The van der Waals surface area contributed by atoms with Gasteiger partial charge in [-0.2, -0.15) is 0 Å². The highest BCUT2D eigenvalue weighted by Gasteiger charge is 2.08. The van der Waals surface area contributed by atoms with Crippen LogP contribution < -0.4 is 15.4 Å². The number of aliphatic imine (C=N–C) groups is 1. The molecule has 0 saturated heterocycles. The predicted octanol–water partition coefficient (Wildman–Crippen LogP) is 4.55. The Morgan fingerprint density at radius 2 is 1.91 bits per heavy atom. The van der Waals surface area contributed by atoms with Crippen LogP contribution in [0.5, 0.6) is 5.75 Å². The Balaban J connectivity index is 0.00000363. The number of ether oxygens (including phenoxy) is 2. The van der Waals surface area contributed by atoms with E-state index in [9.17, 15) is 0 Å². The van der Waals surface area contributed by atoms with Gasteiger partial charge in [-0.25, -0.2) is 9.98 Å². The smallest absolute Gasteiger partial charge is 0.226 e. The highest BCUT2D eigenvalue weighted by atomic mass is 127. The molecule has 0 fully saturated rings. The van der Waals surface area contributed by atoms with Gasteiger partial charge >= 0.3 is 0 Å². The first-order valence-corrected chi connectivity index (χ1v) is 10.4. The highest BCUT2D eigenvalue weighted by Crippen LogP contribution is 2.21. The molecule has 1 heterocycles. The number of hydrogen-bond donors (Lipinski definition) is 2. The van der Waals surface area contributed by atoms with Crippen molar-refractivity contribution in [2.75, 3.05) is 26.9 Å². The third-order valence-corrected chi connectivity index (χ3v) is 4.53. The van der Waals surface area contributed by atoms with Crippen molar-refractivity contribution >= 4 is 29.9 Å². The van der Waals surface area contributed by atoms with Gasteiger partial charge in [0.2, 0.25) is 5.89 Å². The molecule has 0 unspecified atom stereocenters. The number of methoxy groups -OCH3 is 1. The van der Waals surface area contributed by atoms with Crippen LogP contribution in [0.4, 0.5) is 0 Å². The van der Waals surface area contributed by atoms with E-state index in [-0.39, 0.29) is 24.0 Å². The van der Waals surface area contributed by atoms with Crippen LogP contribution in [0.2, 0.25) is 0 Å². The minimum absolute atomic E-state index is 0. The summed E-state index contributed by atoms with van der Waals surface area (Å²) in [5.74, 6) is 2.15. The molecule has 2 N–H and O–H groups in total. The first-order chi connectivity index (χ1) is 15.2. The van der Waals surface area contributed by atoms with E-state index in [4.69, 9.17) is 18.9 Å². The first-order valence-electron chi connectivity index (χ1n) is 10.4. The topological polar surface area (TPSA) is 80.9 Å². The Labute approximate surface area is 206 Å². The molecule has 0 aliphatic heterocycles. The third-order valence-electron chi connectivity index (χ3n) is 4.53. The van der Waals surface area contributed by atoms with Gasteiger partial charge in [-0.3, -0.25) is 0 Å². The molecule has 0 atom stereocenters. The van der Waals surface area contributed by atoms with E-state index in [1.807, 2.05) is 56.3 Å². The highest BCUT2D eigenvalue weighted by molar-refractivity contribution is 14.0. The normalized spacial score (nSPS) is 11.0. The number of nitrogens with zero attached hydrogens (tertiary/aromatic N) is 2. The molecule has 0 saturated carbocycles. The minimum Gasteiger partial charge on any atom is -0.491 e. The number of aryl methyl sites for hydroxylation is 1. The van der Waals surface area contributed by atoms with Gasteiger partial charge in [0.25, 0.3) is 0 Å². The van der Waals surface area contributed by atoms with Gasteiger partial charge in [0, 0.05) is 24.8 Å². The largest absolute Gasteiger partial charge is 0.491 e. The number of oxazole rings is 1. The summed E-state index contributed by atoms with van der Waals surface area (Å²) >= 11 is 0. The molecule has 0 bridgehead atoms. The van der Waals surface area contributed by atoms with E-state index < -0.39 is 0 Å². The van der Waals surface area contributed by atoms with E-state index in [1.165, 1.54) is 0 Å². The summed E-state index contributed by atoms with van der Waals surface area (Å²) in [6, 6.07) is 16.0. The second-order valence-corrected chi connectivity index (χ2v) is 7.01. The zero-order chi connectivity index (χ0) is 21.9. The predicted molar refractivity (Wildman–Crippen MR) is 138 cm³/mol. The minimum atomic E-state index is 0. The van der Waals surface area contributed by atoms with Crippen LogP contribution in [-0.4, -0.2) is 37.8 Å². The molecule has 8 heteroatoms. The van der Waals surface area contributed by atoms with Gasteiger partial charge in [0.15, 0.2) is 5.96 Å². The van der Waals surface area contributed by atoms with Crippen LogP contribution in [0.15, 0.2) is 64.2 Å². The van der Waals surface area contributed by atoms with E-state index >= 15 is 0 Å². The van der Waals surface area contributed by atoms with Crippen molar-refractivity contribution in [3.05, 3.63) is 71.6 Å². The fourth-order valence-electron chi connectivity index (χ4n) is 2.94. The Morgan fingerprint density at radius 3 is 2.66 bits per heavy atom. The second kappa shape index (κ2) is 13.7. The quantitative estimate of drug-likeness (QED) is 0.167. The van der Waals surface area contributed by atoms with E-state index in [2.05, 4.69) is 21.7 Å². The van der Waals surface area contributed by atoms with Gasteiger partial charge < -0.3 is 24.5 Å². The fraction of sp³-hybridized carbons (Fsp3) is 0.333. The van der Waals surface area contributed by atoms with Crippen molar-refractivity contribution in [1.82, 2.24) is 15.6 Å². The van der Waals surface area contributed by atoms with Gasteiger partial charge in [-0.15, -0.1) is 24.0 Å². The molecule has 1 aromatic heterocycles. The maximum Gasteiger partial charge on any atom is 0.226 e. The maximum atomic E-state index is 5.87. The first kappa shape index (κ1) is 25.7. The third kappa shape index (κ3) is 7.83. The molecule has 0 spiro atoms. The monoisotopic (exact) mass is 550 g/mol. The zero-order valence-corrected chi connectivity index (χ0v) is 21.1. The Hall–Kier alpha value is -2.59. The summed E-state index contributed by atoms with van der Waals surface area (Å²) < 4.78 is 16.6. The number of hydrogen-bond acceptors (Lipinski definition) is 5. The van der Waals surface area contributed by atoms with Crippen molar-refractivity contribution < 1.29 is 13.9 Å². The van der Waals surface area contributed by atoms with Crippen molar-refractivity contribution in [3.8, 4) is 17.2 Å². The van der Waals surface area contributed by atoms with Crippen LogP contribution in [0.3, 0.4) is 0 Å². The number of nitrogens with one attached hydrogen (secondary N) is 2. The maximum absolute atomic E-state index is 5.87. The number of guanidine groups is 1. The molecule has 2 aromatic carbocycles. The van der Waals surface area contributed by atoms with Crippen LogP contribution in [0.1, 0.15) is 23.7 Å². The molecule has 0 aliphatic carbocycles. The summed E-state index contributed by atoms with van der Waals surface area (Å²) in [5.41, 5.74) is 3.93. The van der Waals surface area contributed by atoms with Gasteiger partial charge in [-0.05, 0) is 37.6 Å². The lowest BCUT2D eigenvalue weighted by Crippen LogP contribution is -2.36. The van der Waals surface area contributed by atoms with Crippen molar-refractivity contribution in [2.24, 2.45) is 4.99 Å². The average molecular weight is 550 g/mol. The zero-order valence-electron chi connectivity index (χ0n) is 18.8. The Kier molecular flexibility index (Phi) is 11.0. The summed E-state index contributed by atoms with van der Waals surface area (Å²) in [5, 5.41) is 6.58. The van der Waals surface area contributed by atoms with E-state index in [0.717, 1.165) is 34.7 Å². The Bertz CT molecular complexity index is 976. The molecular weight excluding hydrogens is 519 g/mol. The molecule has 32 heavy (non-hydrogen) atoms. The molecule has 172 valence electrons. The number of rotatable bonds is 10. The van der Waals surface area contributed by atoms with Crippen LogP contribution >= 0.6 is 24.0 Å². The molecule has 0 aliphatic rings. The summed E-state index contributed by atoms with van der Waals surface area (Å²) in [4.78, 5) is 9.26. The molecule has 3 aromatic rings. The number of halogens is 1. The number of aromatic nitrogens is 1. The van der Waals surface area contributed by atoms with Gasteiger partial charge in [0.05, 0.1) is 25.4 Å². The SMILES string of the molecule is CCNC(=NCc1ccc(C)cc1OCCOC)NCc1coc(-c2ccccc2)n1.I. The summed E-state index contributed by atoms with van der Waals surface area (Å²) in [7, 11) is 1.66. The molecule has 0 amide bonds. The van der Waals surface area contributed by atoms with Crippen molar-refractivity contribution in [1.29, 1.82) is 0 Å². The van der Waals surface area contributed by atoms with Crippen molar-refractivity contribution in [3.63, 3.8) is 0 Å². The van der Waals surface area contributed by atoms with Gasteiger partial charge in [-0.1, -0.05) is 30.3 Å². The lowest BCUT2D eigenvalue weighted by Gasteiger charge is -2.13. The van der Waals surface area contributed by atoms with E-state index in [1.54, 1.807) is 13.4 Å². The van der Waals surface area contributed by atoms with Crippen LogP contribution in [0.25, 0.3) is 11.5 Å². The second-order valence-electron chi connectivity index (χ2n) is 7.01. The van der Waals surface area contributed by atoms with Gasteiger partial charge in [0.1, 0.15) is 18.6 Å². The fourth-order valence-corrected chi connectivity index (χ4v) is 2.94. The molecule has 0 radical (unpaired) electrons. The lowest BCUT2D eigenvalue weighted by molar-refractivity contribution is 0.145. The Morgan fingerprint density at radius 1 is 1.09 bits per heavy atom.